The molecule has 2 aromatic carbocycles. The van der Waals surface area contributed by atoms with E-state index in [-0.39, 0.29) is 12.0 Å². The Hall–Kier alpha value is -2.13. The van der Waals surface area contributed by atoms with E-state index in [0.29, 0.717) is 13.2 Å². The molecule has 1 unspecified atom stereocenters. The third-order valence-electron chi connectivity index (χ3n) is 4.29. The molecule has 1 saturated heterocycles. The summed E-state index contributed by atoms with van der Waals surface area (Å²) in [5.41, 5.74) is 3.11. The van der Waals surface area contributed by atoms with Crippen LogP contribution in [0.15, 0.2) is 54.6 Å². The summed E-state index contributed by atoms with van der Waals surface area (Å²) in [6, 6.07) is 18.0. The van der Waals surface area contributed by atoms with Crippen LogP contribution in [0.3, 0.4) is 0 Å². The van der Waals surface area contributed by atoms with E-state index in [1.54, 1.807) is 0 Å². The summed E-state index contributed by atoms with van der Waals surface area (Å²) in [4.78, 5) is 14.5. The molecule has 3 heteroatoms. The predicted octanol–water partition coefficient (Wildman–Crippen LogP) is 3.82. The second kappa shape index (κ2) is 7.42. The monoisotopic (exact) mass is 309 g/mol. The molecule has 1 amide bonds. The zero-order valence-corrected chi connectivity index (χ0v) is 13.6. The molecule has 1 aliphatic rings. The molecule has 1 heterocycles. The maximum Gasteiger partial charge on any atom is 0.253 e. The first kappa shape index (κ1) is 15.8. The van der Waals surface area contributed by atoms with Crippen LogP contribution in [0.4, 0.5) is 0 Å². The lowest BCUT2D eigenvalue weighted by Crippen LogP contribution is -2.43. The van der Waals surface area contributed by atoms with Crippen molar-refractivity contribution in [2.45, 2.75) is 32.5 Å². The molecule has 0 saturated carbocycles. The number of aryl methyl sites for hydroxylation is 1. The highest BCUT2D eigenvalue weighted by molar-refractivity contribution is 5.94. The van der Waals surface area contributed by atoms with Gasteiger partial charge >= 0.3 is 0 Å². The number of nitrogens with zero attached hydrogens (tertiary/aromatic N) is 1. The topological polar surface area (TPSA) is 29.5 Å². The van der Waals surface area contributed by atoms with Gasteiger partial charge in [0.1, 0.15) is 0 Å². The molecule has 1 aliphatic heterocycles. The van der Waals surface area contributed by atoms with Crippen molar-refractivity contribution in [2.75, 3.05) is 13.1 Å². The molecule has 0 bridgehead atoms. The summed E-state index contributed by atoms with van der Waals surface area (Å²) in [7, 11) is 0. The molecule has 0 spiro atoms. The van der Waals surface area contributed by atoms with Crippen LogP contribution in [0.5, 0.6) is 0 Å². The van der Waals surface area contributed by atoms with Gasteiger partial charge in [-0.15, -0.1) is 0 Å². The van der Waals surface area contributed by atoms with E-state index in [1.807, 2.05) is 54.3 Å². The van der Waals surface area contributed by atoms with Crippen LogP contribution in [0, 0.1) is 6.92 Å². The van der Waals surface area contributed by atoms with Gasteiger partial charge in [0, 0.05) is 18.7 Å². The number of rotatable bonds is 4. The normalized spacial score (nSPS) is 18.0. The van der Waals surface area contributed by atoms with Gasteiger partial charge in [-0.1, -0.05) is 48.0 Å². The van der Waals surface area contributed by atoms with Gasteiger partial charge in [-0.2, -0.15) is 0 Å². The van der Waals surface area contributed by atoms with Crippen molar-refractivity contribution in [1.29, 1.82) is 0 Å². The Morgan fingerprint density at radius 2 is 1.87 bits per heavy atom. The zero-order chi connectivity index (χ0) is 16.1. The Labute approximate surface area is 137 Å². The zero-order valence-electron chi connectivity index (χ0n) is 13.6. The molecule has 23 heavy (non-hydrogen) atoms. The van der Waals surface area contributed by atoms with E-state index >= 15 is 0 Å². The van der Waals surface area contributed by atoms with Crippen LogP contribution >= 0.6 is 0 Å². The summed E-state index contributed by atoms with van der Waals surface area (Å²) >= 11 is 0. The lowest BCUT2D eigenvalue weighted by molar-refractivity contribution is -0.00672. The molecule has 0 N–H and O–H groups in total. The van der Waals surface area contributed by atoms with Crippen LogP contribution in [-0.2, 0) is 11.3 Å². The summed E-state index contributed by atoms with van der Waals surface area (Å²) < 4.78 is 6.01. The van der Waals surface area contributed by atoms with Crippen molar-refractivity contribution >= 4 is 5.91 Å². The van der Waals surface area contributed by atoms with Crippen molar-refractivity contribution in [3.63, 3.8) is 0 Å². The van der Waals surface area contributed by atoms with Crippen molar-refractivity contribution in [2.24, 2.45) is 0 Å². The second-order valence-corrected chi connectivity index (χ2v) is 6.18. The molecular formula is C20H23NO2. The Balaban J connectivity index is 1.57. The molecule has 3 rings (SSSR count). The first-order chi connectivity index (χ1) is 11.2. The van der Waals surface area contributed by atoms with Gasteiger partial charge in [0.05, 0.1) is 12.7 Å². The van der Waals surface area contributed by atoms with Crippen LogP contribution in [-0.4, -0.2) is 30.0 Å². The maximum atomic E-state index is 12.6. The number of benzene rings is 2. The van der Waals surface area contributed by atoms with E-state index in [2.05, 4.69) is 12.1 Å². The second-order valence-electron chi connectivity index (χ2n) is 6.18. The van der Waals surface area contributed by atoms with Gasteiger partial charge in [-0.3, -0.25) is 4.79 Å². The molecular weight excluding hydrogens is 286 g/mol. The molecule has 1 atom stereocenters. The van der Waals surface area contributed by atoms with Gasteiger partial charge in [0.25, 0.3) is 5.91 Å². The van der Waals surface area contributed by atoms with Gasteiger partial charge in [0.2, 0.25) is 0 Å². The fourth-order valence-electron chi connectivity index (χ4n) is 2.93. The van der Waals surface area contributed by atoms with E-state index in [0.717, 1.165) is 24.9 Å². The third kappa shape index (κ3) is 4.20. The van der Waals surface area contributed by atoms with Crippen molar-refractivity contribution in [3.05, 3.63) is 71.3 Å². The van der Waals surface area contributed by atoms with Crippen LogP contribution in [0.1, 0.15) is 34.3 Å². The van der Waals surface area contributed by atoms with Crippen LogP contribution in [0.2, 0.25) is 0 Å². The average molecular weight is 309 g/mol. The Morgan fingerprint density at radius 3 is 2.61 bits per heavy atom. The first-order valence-corrected chi connectivity index (χ1v) is 8.24. The van der Waals surface area contributed by atoms with Crippen molar-refractivity contribution in [3.8, 4) is 0 Å². The Bertz CT molecular complexity index is 636. The molecule has 1 fully saturated rings. The van der Waals surface area contributed by atoms with E-state index in [4.69, 9.17) is 4.74 Å². The van der Waals surface area contributed by atoms with Gasteiger partial charge in [0.15, 0.2) is 0 Å². The van der Waals surface area contributed by atoms with E-state index in [9.17, 15) is 4.79 Å². The minimum absolute atomic E-state index is 0.109. The third-order valence-corrected chi connectivity index (χ3v) is 4.29. The summed E-state index contributed by atoms with van der Waals surface area (Å²) in [6.07, 6.45) is 2.14. The van der Waals surface area contributed by atoms with Gasteiger partial charge in [-0.05, 0) is 37.5 Å². The Kier molecular flexibility index (Phi) is 5.09. The summed E-state index contributed by atoms with van der Waals surface area (Å²) in [6.45, 7) is 4.14. The first-order valence-electron chi connectivity index (χ1n) is 8.24. The lowest BCUT2D eigenvalue weighted by atomic mass is 10.1. The number of piperidine rings is 1. The lowest BCUT2D eigenvalue weighted by Gasteiger charge is -2.32. The number of carbonyl (C=O) groups is 1. The Morgan fingerprint density at radius 1 is 1.13 bits per heavy atom. The highest BCUT2D eigenvalue weighted by atomic mass is 16.5. The van der Waals surface area contributed by atoms with E-state index < -0.39 is 0 Å². The minimum Gasteiger partial charge on any atom is -0.372 e. The SMILES string of the molecule is Cc1ccc(C(=O)N2CCCC(OCc3ccccc3)C2)cc1. The number of hydrogen-bond donors (Lipinski definition) is 0. The quantitative estimate of drug-likeness (QED) is 0.859. The molecule has 0 radical (unpaired) electrons. The van der Waals surface area contributed by atoms with Crippen LogP contribution in [0.25, 0.3) is 0 Å². The predicted molar refractivity (Wildman–Crippen MR) is 91.3 cm³/mol. The molecule has 3 nitrogen and oxygen atoms in total. The van der Waals surface area contributed by atoms with Crippen molar-refractivity contribution in [1.82, 2.24) is 4.90 Å². The largest absolute Gasteiger partial charge is 0.372 e. The molecule has 2 aromatic rings. The summed E-state index contributed by atoms with van der Waals surface area (Å²) in [5.74, 6) is 0.109. The van der Waals surface area contributed by atoms with Crippen molar-refractivity contribution < 1.29 is 9.53 Å². The van der Waals surface area contributed by atoms with Crippen LogP contribution < -0.4 is 0 Å². The summed E-state index contributed by atoms with van der Waals surface area (Å²) in [5, 5.41) is 0. The van der Waals surface area contributed by atoms with Gasteiger partial charge < -0.3 is 9.64 Å². The molecule has 0 aliphatic carbocycles. The minimum atomic E-state index is 0.109. The highest BCUT2D eigenvalue weighted by Gasteiger charge is 2.24. The fourth-order valence-corrected chi connectivity index (χ4v) is 2.93. The van der Waals surface area contributed by atoms with E-state index in [1.165, 1.54) is 11.1 Å². The number of ether oxygens (including phenoxy) is 1. The number of amides is 1. The maximum absolute atomic E-state index is 12.6. The number of likely N-dealkylation sites (tertiary alicyclic amines) is 1. The standard InChI is InChI=1S/C20H23NO2/c1-16-9-11-18(12-10-16)20(22)21-13-5-8-19(14-21)23-15-17-6-3-2-4-7-17/h2-4,6-7,9-12,19H,5,8,13-15H2,1H3. The smallest absolute Gasteiger partial charge is 0.253 e. The van der Waals surface area contributed by atoms with Gasteiger partial charge in [-0.25, -0.2) is 0 Å². The average Bonchev–Trinajstić information content (AvgIpc) is 2.61. The fraction of sp³-hybridized carbons (Fsp3) is 0.350. The number of hydrogen-bond acceptors (Lipinski definition) is 2. The number of carbonyl (C=O) groups excluding carboxylic acids is 1. The molecule has 120 valence electrons. The highest BCUT2D eigenvalue weighted by Crippen LogP contribution is 2.18. The molecule has 0 aromatic heterocycles.